The van der Waals surface area contributed by atoms with Gasteiger partial charge in [0.1, 0.15) is 0 Å². The van der Waals surface area contributed by atoms with Crippen molar-refractivity contribution in [3.05, 3.63) is 28.2 Å². The molecule has 1 N–H and O–H groups in total. The van der Waals surface area contributed by atoms with Crippen LogP contribution in [0.15, 0.2) is 22.7 Å². The first-order chi connectivity index (χ1) is 7.22. The molecule has 1 amide bonds. The van der Waals surface area contributed by atoms with Gasteiger partial charge in [-0.2, -0.15) is 0 Å². The van der Waals surface area contributed by atoms with Gasteiger partial charge in [0.2, 0.25) is 0 Å². The molecule has 1 saturated heterocycles. The zero-order valence-electron chi connectivity index (χ0n) is 7.75. The second kappa shape index (κ2) is 3.04. The van der Waals surface area contributed by atoms with Crippen LogP contribution in [0.5, 0.6) is 0 Å². The summed E-state index contributed by atoms with van der Waals surface area (Å²) in [5, 5.41) is 2.75. The number of amides is 1. The highest BCUT2D eigenvalue weighted by molar-refractivity contribution is 9.10. The Morgan fingerprint density at radius 2 is 2.07 bits per heavy atom. The van der Waals surface area contributed by atoms with Gasteiger partial charge in [-0.25, -0.2) is 0 Å². The van der Waals surface area contributed by atoms with E-state index in [1.165, 1.54) is 0 Å². The van der Waals surface area contributed by atoms with E-state index in [1.54, 1.807) is 0 Å². The fourth-order valence-corrected chi connectivity index (χ4v) is 2.29. The first-order valence-corrected chi connectivity index (χ1v) is 5.41. The first-order valence-electron chi connectivity index (χ1n) is 4.62. The smallest absolute Gasteiger partial charge is 0.289 e. The highest BCUT2D eigenvalue weighted by Crippen LogP contribution is 2.42. The van der Waals surface area contributed by atoms with Gasteiger partial charge in [0.15, 0.2) is 0 Å². The van der Waals surface area contributed by atoms with Crippen LogP contribution in [0.3, 0.4) is 0 Å². The lowest BCUT2D eigenvalue weighted by molar-refractivity contribution is -0.178. The molecule has 15 heavy (non-hydrogen) atoms. The zero-order chi connectivity index (χ0) is 10.5. The van der Waals surface area contributed by atoms with Gasteiger partial charge in [0.05, 0.1) is 18.9 Å². The Balaban J connectivity index is 2.17. The van der Waals surface area contributed by atoms with Crippen molar-refractivity contribution in [2.45, 2.75) is 5.79 Å². The van der Waals surface area contributed by atoms with Crippen LogP contribution in [0.25, 0.3) is 0 Å². The number of halogens is 1. The molecular formula is C10H8BrNO3. The first kappa shape index (κ1) is 9.33. The van der Waals surface area contributed by atoms with E-state index in [1.807, 2.05) is 18.2 Å². The zero-order valence-corrected chi connectivity index (χ0v) is 9.33. The Kier molecular flexibility index (Phi) is 1.89. The Hall–Kier alpha value is -0.910. The summed E-state index contributed by atoms with van der Waals surface area (Å²) in [5.41, 5.74) is 1.50. The van der Waals surface area contributed by atoms with Gasteiger partial charge >= 0.3 is 0 Å². The summed E-state index contributed by atoms with van der Waals surface area (Å²) in [6.45, 7) is 0.895. The fraction of sp³-hybridized carbons (Fsp3) is 0.300. The molecule has 0 radical (unpaired) electrons. The summed E-state index contributed by atoms with van der Waals surface area (Å²) in [6.07, 6.45) is 0. The van der Waals surface area contributed by atoms with E-state index < -0.39 is 5.79 Å². The SMILES string of the molecule is O=C1Nc2cc(Br)ccc2C12OCCO2. The molecule has 1 spiro atoms. The standard InChI is InChI=1S/C10H8BrNO3/c11-6-1-2-7-8(5-6)12-9(13)10(7)14-3-4-15-10/h1-2,5H,3-4H2,(H,12,13). The maximum atomic E-state index is 11.8. The van der Waals surface area contributed by atoms with E-state index in [0.717, 1.165) is 15.7 Å². The van der Waals surface area contributed by atoms with Crippen LogP contribution in [0, 0.1) is 0 Å². The predicted molar refractivity (Wildman–Crippen MR) is 56.4 cm³/mol. The molecule has 2 heterocycles. The maximum absolute atomic E-state index is 11.8. The van der Waals surface area contributed by atoms with E-state index in [2.05, 4.69) is 21.2 Å². The minimum Gasteiger partial charge on any atom is -0.336 e. The largest absolute Gasteiger partial charge is 0.336 e. The van der Waals surface area contributed by atoms with Gasteiger partial charge in [-0.05, 0) is 18.2 Å². The predicted octanol–water partition coefficient (Wildman–Crippen LogP) is 1.60. The maximum Gasteiger partial charge on any atom is 0.289 e. The van der Waals surface area contributed by atoms with Crippen LogP contribution in [-0.4, -0.2) is 19.1 Å². The van der Waals surface area contributed by atoms with Crippen molar-refractivity contribution in [1.82, 2.24) is 0 Å². The monoisotopic (exact) mass is 269 g/mol. The Labute approximate surface area is 94.7 Å². The number of hydrogen-bond donors (Lipinski definition) is 1. The van der Waals surface area contributed by atoms with Crippen LogP contribution < -0.4 is 5.32 Å². The highest BCUT2D eigenvalue weighted by Gasteiger charge is 2.52. The highest BCUT2D eigenvalue weighted by atomic mass is 79.9. The Morgan fingerprint density at radius 1 is 1.33 bits per heavy atom. The summed E-state index contributed by atoms with van der Waals surface area (Å²) >= 11 is 3.35. The molecule has 0 aliphatic carbocycles. The molecule has 1 aromatic rings. The van der Waals surface area contributed by atoms with Crippen molar-refractivity contribution in [2.75, 3.05) is 18.5 Å². The molecule has 2 aliphatic rings. The van der Waals surface area contributed by atoms with Gasteiger partial charge in [-0.15, -0.1) is 0 Å². The summed E-state index contributed by atoms with van der Waals surface area (Å²) < 4.78 is 11.8. The van der Waals surface area contributed by atoms with Crippen LogP contribution in [0.2, 0.25) is 0 Å². The normalized spacial score (nSPS) is 21.8. The number of anilines is 1. The van der Waals surface area contributed by atoms with Crippen molar-refractivity contribution in [3.63, 3.8) is 0 Å². The van der Waals surface area contributed by atoms with Crippen molar-refractivity contribution >= 4 is 27.5 Å². The molecule has 3 rings (SSSR count). The average Bonchev–Trinajstić information content (AvgIpc) is 2.76. The van der Waals surface area contributed by atoms with E-state index in [9.17, 15) is 4.79 Å². The molecule has 0 atom stereocenters. The molecule has 0 bridgehead atoms. The topological polar surface area (TPSA) is 47.6 Å². The lowest BCUT2D eigenvalue weighted by atomic mass is 10.1. The molecule has 4 nitrogen and oxygen atoms in total. The van der Waals surface area contributed by atoms with Crippen LogP contribution in [0.1, 0.15) is 5.56 Å². The molecule has 0 unspecified atom stereocenters. The second-order valence-electron chi connectivity index (χ2n) is 3.46. The number of hydrogen-bond acceptors (Lipinski definition) is 3. The number of nitrogens with one attached hydrogen (secondary N) is 1. The number of carbonyl (C=O) groups excluding carboxylic acids is 1. The lowest BCUT2D eigenvalue weighted by Gasteiger charge is -2.18. The number of fused-ring (bicyclic) bond motifs is 2. The van der Waals surface area contributed by atoms with Gasteiger partial charge in [0, 0.05) is 10.0 Å². The number of carbonyl (C=O) groups is 1. The number of rotatable bonds is 0. The molecule has 0 saturated carbocycles. The molecule has 5 heteroatoms. The molecule has 2 aliphatic heterocycles. The van der Waals surface area contributed by atoms with Gasteiger partial charge in [-0.1, -0.05) is 15.9 Å². The number of ether oxygens (including phenoxy) is 2. The van der Waals surface area contributed by atoms with Crippen LogP contribution >= 0.6 is 15.9 Å². The molecule has 78 valence electrons. The number of benzene rings is 1. The van der Waals surface area contributed by atoms with Gasteiger partial charge in [0.25, 0.3) is 11.7 Å². The van der Waals surface area contributed by atoms with Crippen LogP contribution in [0.4, 0.5) is 5.69 Å². The van der Waals surface area contributed by atoms with Crippen LogP contribution in [-0.2, 0) is 20.1 Å². The summed E-state index contributed by atoms with van der Waals surface area (Å²) in [7, 11) is 0. The molecule has 1 aromatic carbocycles. The lowest BCUT2D eigenvalue weighted by Crippen LogP contribution is -2.35. The average molecular weight is 270 g/mol. The van der Waals surface area contributed by atoms with Gasteiger partial charge < -0.3 is 14.8 Å². The minimum atomic E-state index is -1.20. The Morgan fingerprint density at radius 3 is 2.80 bits per heavy atom. The third kappa shape index (κ3) is 1.17. The summed E-state index contributed by atoms with van der Waals surface area (Å²) in [4.78, 5) is 11.8. The molecule has 0 aromatic heterocycles. The van der Waals surface area contributed by atoms with E-state index >= 15 is 0 Å². The third-order valence-electron chi connectivity index (χ3n) is 2.58. The van der Waals surface area contributed by atoms with E-state index in [0.29, 0.717) is 13.2 Å². The van der Waals surface area contributed by atoms with Gasteiger partial charge in [-0.3, -0.25) is 4.79 Å². The van der Waals surface area contributed by atoms with E-state index in [4.69, 9.17) is 9.47 Å². The minimum absolute atomic E-state index is 0.242. The summed E-state index contributed by atoms with van der Waals surface area (Å²) in [5.74, 6) is -1.44. The van der Waals surface area contributed by atoms with E-state index in [-0.39, 0.29) is 5.91 Å². The summed E-state index contributed by atoms with van der Waals surface area (Å²) in [6, 6.07) is 5.54. The fourth-order valence-electron chi connectivity index (χ4n) is 1.93. The quantitative estimate of drug-likeness (QED) is 0.779. The second-order valence-corrected chi connectivity index (χ2v) is 4.37. The molecular weight excluding hydrogens is 262 g/mol. The van der Waals surface area contributed by atoms with Crippen molar-refractivity contribution in [1.29, 1.82) is 0 Å². The van der Waals surface area contributed by atoms with Crippen molar-refractivity contribution in [3.8, 4) is 0 Å². The van der Waals surface area contributed by atoms with Crippen molar-refractivity contribution in [2.24, 2.45) is 0 Å². The Bertz CT molecular complexity index is 440. The third-order valence-corrected chi connectivity index (χ3v) is 3.07. The van der Waals surface area contributed by atoms with Crippen molar-refractivity contribution < 1.29 is 14.3 Å². The molecule has 1 fully saturated rings.